The number of rotatable bonds is 9. The van der Waals surface area contributed by atoms with Gasteiger partial charge in [0.15, 0.2) is 0 Å². The molecule has 0 bridgehead atoms. The summed E-state index contributed by atoms with van der Waals surface area (Å²) >= 11 is 0. The topological polar surface area (TPSA) is 20.6 Å². The van der Waals surface area contributed by atoms with Gasteiger partial charge in [0.2, 0.25) is 0 Å². The highest BCUT2D eigenvalue weighted by Crippen LogP contribution is 2.34. The molecule has 0 N–H and O–H groups in total. The molecule has 0 spiro atoms. The van der Waals surface area contributed by atoms with E-state index in [2.05, 4.69) is 81.6 Å². The first-order chi connectivity index (χ1) is 18.8. The average Bonchev–Trinajstić information content (AvgIpc) is 3.27. The maximum absolute atomic E-state index is 12.6. The quantitative estimate of drug-likeness (QED) is 0.220. The summed E-state index contributed by atoms with van der Waals surface area (Å²) in [6, 6.07) is 21.6. The average molecular weight is 536 g/mol. The molecular weight excluding hydrogens is 499 g/mol. The van der Waals surface area contributed by atoms with Gasteiger partial charge in [0.1, 0.15) is 5.75 Å². The van der Waals surface area contributed by atoms with E-state index >= 15 is 0 Å². The molecule has 39 heavy (non-hydrogen) atoms. The molecule has 1 aliphatic rings. The van der Waals surface area contributed by atoms with Gasteiger partial charge in [0.05, 0.1) is 0 Å². The van der Waals surface area contributed by atoms with Crippen molar-refractivity contribution in [2.24, 2.45) is 0 Å². The van der Waals surface area contributed by atoms with E-state index in [1.165, 1.54) is 28.8 Å². The number of piperazine rings is 1. The second-order valence-corrected chi connectivity index (χ2v) is 10.6. The Morgan fingerprint density at radius 1 is 0.795 bits per heavy atom. The number of halogens is 3. The molecule has 0 saturated carbocycles. The predicted octanol–water partition coefficient (Wildman–Crippen LogP) is 7.63. The first-order valence-corrected chi connectivity index (χ1v) is 13.8. The second kappa shape index (κ2) is 11.8. The summed E-state index contributed by atoms with van der Waals surface area (Å²) in [7, 11) is 0. The molecule has 4 nitrogen and oxygen atoms in total. The number of aryl methyl sites for hydroxylation is 2. The van der Waals surface area contributed by atoms with Crippen LogP contribution in [0.25, 0.3) is 22.0 Å². The van der Waals surface area contributed by atoms with Crippen LogP contribution < -0.4 is 4.74 Å². The zero-order chi connectivity index (χ0) is 27.4. The third kappa shape index (κ3) is 7.02. The number of nitrogens with zero attached hydrogens (tertiary/aromatic N) is 3. The van der Waals surface area contributed by atoms with Crippen LogP contribution in [-0.4, -0.2) is 46.9 Å². The van der Waals surface area contributed by atoms with Gasteiger partial charge in [0.25, 0.3) is 0 Å². The Kier molecular flexibility index (Phi) is 8.29. The molecule has 3 aromatic carbocycles. The van der Waals surface area contributed by atoms with Gasteiger partial charge < -0.3 is 9.30 Å². The zero-order valence-electron chi connectivity index (χ0n) is 22.7. The predicted molar refractivity (Wildman–Crippen MR) is 151 cm³/mol. The van der Waals surface area contributed by atoms with Gasteiger partial charge in [0, 0.05) is 68.5 Å². The highest BCUT2D eigenvalue weighted by Gasteiger charge is 2.31. The van der Waals surface area contributed by atoms with E-state index in [1.807, 2.05) is 0 Å². The van der Waals surface area contributed by atoms with Crippen LogP contribution in [-0.2, 0) is 19.6 Å². The summed E-state index contributed by atoms with van der Waals surface area (Å²) in [5.41, 5.74) is 6.97. The highest BCUT2D eigenvalue weighted by atomic mass is 19.4. The van der Waals surface area contributed by atoms with Crippen molar-refractivity contribution < 1.29 is 17.9 Å². The molecule has 1 aromatic heterocycles. The fourth-order valence-corrected chi connectivity index (χ4v) is 5.34. The van der Waals surface area contributed by atoms with E-state index in [0.717, 1.165) is 80.7 Å². The number of fused-ring (bicyclic) bond motifs is 1. The fourth-order valence-electron chi connectivity index (χ4n) is 5.34. The number of ether oxygens (including phenoxy) is 1. The molecule has 7 heteroatoms. The summed E-state index contributed by atoms with van der Waals surface area (Å²) in [5, 5.41) is 1.13. The summed E-state index contributed by atoms with van der Waals surface area (Å²) < 4.78 is 44.2. The number of hydrogen-bond acceptors (Lipinski definition) is 3. The van der Waals surface area contributed by atoms with Crippen LogP contribution >= 0.6 is 0 Å². The Morgan fingerprint density at radius 3 is 2.03 bits per heavy atom. The maximum Gasteiger partial charge on any atom is 0.573 e. The summed E-state index contributed by atoms with van der Waals surface area (Å²) in [4.78, 5) is 5.02. The standard InChI is InChI=1S/C32H36F3N3O/c1-3-4-15-38-23-30(27-10-12-28(13-11-27)39-32(33,34)35)29-20-26(9-14-31(29)38)22-37-18-16-36(17-19-37)21-25-7-5-24(2)6-8-25/h5-14,20,23H,3-4,15-19,21-22H2,1-2H3. The van der Waals surface area contributed by atoms with Gasteiger partial charge in [-0.3, -0.25) is 9.80 Å². The molecule has 1 saturated heterocycles. The number of benzene rings is 3. The normalized spacial score (nSPS) is 15.2. The minimum absolute atomic E-state index is 0.205. The number of alkyl halides is 3. The molecule has 5 rings (SSSR count). The highest BCUT2D eigenvalue weighted by molar-refractivity contribution is 5.96. The lowest BCUT2D eigenvalue weighted by molar-refractivity contribution is -0.274. The summed E-state index contributed by atoms with van der Waals surface area (Å²) in [6.45, 7) is 11.2. The van der Waals surface area contributed by atoms with E-state index in [-0.39, 0.29) is 5.75 Å². The van der Waals surface area contributed by atoms with E-state index in [9.17, 15) is 13.2 Å². The van der Waals surface area contributed by atoms with Crippen molar-refractivity contribution in [2.75, 3.05) is 26.2 Å². The lowest BCUT2D eigenvalue weighted by Crippen LogP contribution is -2.45. The van der Waals surface area contributed by atoms with Gasteiger partial charge in [-0.1, -0.05) is 61.4 Å². The van der Waals surface area contributed by atoms with Gasteiger partial charge >= 0.3 is 6.36 Å². The van der Waals surface area contributed by atoms with E-state index in [0.29, 0.717) is 0 Å². The van der Waals surface area contributed by atoms with Crippen molar-refractivity contribution >= 4 is 10.9 Å². The van der Waals surface area contributed by atoms with Crippen molar-refractivity contribution in [3.05, 3.63) is 89.6 Å². The van der Waals surface area contributed by atoms with E-state index in [4.69, 9.17) is 0 Å². The molecule has 1 fully saturated rings. The zero-order valence-corrected chi connectivity index (χ0v) is 22.7. The number of aromatic nitrogens is 1. The van der Waals surface area contributed by atoms with Crippen molar-refractivity contribution in [1.82, 2.24) is 14.4 Å². The minimum atomic E-state index is -4.70. The fraction of sp³-hybridized carbons (Fsp3) is 0.375. The Labute approximate surface area is 228 Å². The van der Waals surface area contributed by atoms with Crippen LogP contribution in [0.3, 0.4) is 0 Å². The Bertz CT molecular complexity index is 1370. The van der Waals surface area contributed by atoms with Crippen molar-refractivity contribution in [2.45, 2.75) is 52.7 Å². The van der Waals surface area contributed by atoms with E-state index < -0.39 is 6.36 Å². The molecule has 0 amide bonds. The minimum Gasteiger partial charge on any atom is -0.406 e. The number of hydrogen-bond donors (Lipinski definition) is 0. The lowest BCUT2D eigenvalue weighted by atomic mass is 10.0. The summed E-state index contributed by atoms with van der Waals surface area (Å²) in [6.07, 6.45) is -0.408. The Hall–Kier alpha value is -3.29. The SMILES string of the molecule is CCCCn1cc(-c2ccc(OC(F)(F)F)cc2)c2cc(CN3CCN(Cc4ccc(C)cc4)CC3)ccc21. The number of unbranched alkanes of at least 4 members (excludes halogenated alkanes) is 1. The molecule has 206 valence electrons. The second-order valence-electron chi connectivity index (χ2n) is 10.6. The van der Waals surface area contributed by atoms with Crippen LogP contribution in [0.5, 0.6) is 5.75 Å². The Balaban J connectivity index is 1.31. The van der Waals surface area contributed by atoms with Crippen LogP contribution in [0.4, 0.5) is 13.2 Å². The molecule has 4 aromatic rings. The molecule has 0 aliphatic carbocycles. The molecular formula is C32H36F3N3O. The maximum atomic E-state index is 12.6. The largest absolute Gasteiger partial charge is 0.573 e. The first-order valence-electron chi connectivity index (χ1n) is 13.8. The third-order valence-electron chi connectivity index (χ3n) is 7.49. The third-order valence-corrected chi connectivity index (χ3v) is 7.49. The van der Waals surface area contributed by atoms with Crippen LogP contribution in [0.2, 0.25) is 0 Å². The molecule has 0 unspecified atom stereocenters. The van der Waals surface area contributed by atoms with Crippen LogP contribution in [0.1, 0.15) is 36.5 Å². The molecule has 2 heterocycles. The smallest absolute Gasteiger partial charge is 0.406 e. The first kappa shape index (κ1) is 27.3. The monoisotopic (exact) mass is 535 g/mol. The van der Waals surface area contributed by atoms with Crippen LogP contribution in [0, 0.1) is 6.92 Å². The Morgan fingerprint density at radius 2 is 1.41 bits per heavy atom. The van der Waals surface area contributed by atoms with Gasteiger partial charge in [-0.15, -0.1) is 13.2 Å². The van der Waals surface area contributed by atoms with Gasteiger partial charge in [-0.05, 0) is 54.3 Å². The van der Waals surface area contributed by atoms with Crippen LogP contribution in [0.15, 0.2) is 72.9 Å². The van der Waals surface area contributed by atoms with Crippen molar-refractivity contribution in [3.63, 3.8) is 0 Å². The van der Waals surface area contributed by atoms with Gasteiger partial charge in [-0.2, -0.15) is 0 Å². The van der Waals surface area contributed by atoms with E-state index in [1.54, 1.807) is 12.1 Å². The summed E-state index contributed by atoms with van der Waals surface area (Å²) in [5.74, 6) is -0.205. The molecule has 0 radical (unpaired) electrons. The molecule has 0 atom stereocenters. The van der Waals surface area contributed by atoms with Gasteiger partial charge in [-0.25, -0.2) is 0 Å². The molecule has 1 aliphatic heterocycles. The van der Waals surface area contributed by atoms with Crippen molar-refractivity contribution in [1.29, 1.82) is 0 Å². The lowest BCUT2D eigenvalue weighted by Gasteiger charge is -2.34. The van der Waals surface area contributed by atoms with Crippen molar-refractivity contribution in [3.8, 4) is 16.9 Å².